The van der Waals surface area contributed by atoms with Gasteiger partial charge in [-0.2, -0.15) is 0 Å². The Morgan fingerprint density at radius 1 is 1.14 bits per heavy atom. The minimum atomic E-state index is -0.273. The third kappa shape index (κ3) is 4.37. The van der Waals surface area contributed by atoms with E-state index in [1.807, 2.05) is 12.1 Å². The van der Waals surface area contributed by atoms with Crippen LogP contribution in [0.15, 0.2) is 63.1 Å². The molecule has 3 aromatic heterocycles. The summed E-state index contributed by atoms with van der Waals surface area (Å²) >= 11 is 4.73. The molecule has 28 heavy (non-hydrogen) atoms. The Bertz CT molecular complexity index is 1220. The predicted octanol–water partition coefficient (Wildman–Crippen LogP) is 4.18. The fourth-order valence-electron chi connectivity index (χ4n) is 2.48. The van der Waals surface area contributed by atoms with Crippen molar-refractivity contribution in [2.24, 2.45) is 0 Å². The first-order valence-corrected chi connectivity index (χ1v) is 10.0. The lowest BCUT2D eigenvalue weighted by molar-refractivity contribution is 0.628. The zero-order valence-corrected chi connectivity index (χ0v) is 16.7. The first-order valence-electron chi connectivity index (χ1n) is 8.23. The third-order valence-corrected chi connectivity index (χ3v) is 5.16. The maximum Gasteiger partial charge on any atom is 0.258 e. The highest BCUT2D eigenvalue weighted by Crippen LogP contribution is 2.19. The van der Waals surface area contributed by atoms with Crippen LogP contribution in [0, 0.1) is 5.82 Å². The molecule has 0 amide bonds. The average Bonchev–Trinajstić information content (AvgIpc) is 3.14. The van der Waals surface area contributed by atoms with E-state index in [0.29, 0.717) is 28.1 Å². The van der Waals surface area contributed by atoms with Crippen LogP contribution in [0.1, 0.15) is 17.1 Å². The number of rotatable bonds is 5. The Morgan fingerprint density at radius 3 is 2.79 bits per heavy atom. The molecule has 3 heterocycles. The zero-order valence-electron chi connectivity index (χ0n) is 14.3. The summed E-state index contributed by atoms with van der Waals surface area (Å²) in [7, 11) is 0. The fraction of sp³-hybridized carbons (Fsp3) is 0.0526. The van der Waals surface area contributed by atoms with Crippen molar-refractivity contribution in [3.05, 3.63) is 86.4 Å². The summed E-state index contributed by atoms with van der Waals surface area (Å²) in [6.45, 7) is 0. The van der Waals surface area contributed by atoms with Gasteiger partial charge in [0.05, 0.1) is 5.69 Å². The van der Waals surface area contributed by atoms with Crippen molar-refractivity contribution < 1.29 is 4.39 Å². The van der Waals surface area contributed by atoms with Crippen LogP contribution in [0.5, 0.6) is 0 Å². The van der Waals surface area contributed by atoms with E-state index in [0.717, 1.165) is 10.0 Å². The van der Waals surface area contributed by atoms with Crippen LogP contribution in [0.2, 0.25) is 0 Å². The number of aromatic nitrogens is 5. The number of fused-ring (bicyclic) bond motifs is 1. The van der Waals surface area contributed by atoms with Crippen LogP contribution in [0.3, 0.4) is 0 Å². The van der Waals surface area contributed by atoms with Gasteiger partial charge >= 0.3 is 0 Å². The molecule has 0 saturated heterocycles. The zero-order chi connectivity index (χ0) is 19.5. The van der Waals surface area contributed by atoms with Crippen LogP contribution in [0.4, 0.5) is 4.39 Å². The molecule has 0 radical (unpaired) electrons. The Balaban J connectivity index is 1.44. The smallest absolute Gasteiger partial charge is 0.258 e. The normalized spacial score (nSPS) is 11.5. The number of aromatic amines is 1. The molecule has 9 heteroatoms. The molecular weight excluding hydrogens is 445 g/mol. The average molecular weight is 458 g/mol. The number of nitrogens with one attached hydrogen (secondary N) is 1. The summed E-state index contributed by atoms with van der Waals surface area (Å²) in [5, 5.41) is 7.54. The molecule has 4 rings (SSSR count). The van der Waals surface area contributed by atoms with E-state index < -0.39 is 0 Å². The summed E-state index contributed by atoms with van der Waals surface area (Å²) in [4.78, 5) is 21.1. The summed E-state index contributed by atoms with van der Waals surface area (Å²) in [5.74, 6) is 0.786. The molecular formula is C19H13BrFN5OS. The standard InChI is InChI=1S/C19H13BrFN5OS/c20-13-4-8-17-22-15(9-18(27)26(17)10-13)11-28-19-23-16(24-25-19)7-3-12-1-5-14(21)6-2-12/h1-10H,11H2,(H,23,24,25)/b7-3+. The molecule has 0 bridgehead atoms. The molecule has 0 aliphatic carbocycles. The first kappa shape index (κ1) is 18.6. The molecule has 0 unspecified atom stereocenters. The van der Waals surface area contributed by atoms with Gasteiger partial charge in [-0.3, -0.25) is 14.3 Å². The van der Waals surface area contributed by atoms with Crippen LogP contribution >= 0.6 is 27.7 Å². The second kappa shape index (κ2) is 8.07. The Labute approximate surface area is 171 Å². The molecule has 0 spiro atoms. The Hall–Kier alpha value is -2.78. The second-order valence-corrected chi connectivity index (χ2v) is 7.70. The van der Waals surface area contributed by atoms with E-state index in [4.69, 9.17) is 0 Å². The molecule has 6 nitrogen and oxygen atoms in total. The van der Waals surface area contributed by atoms with Gasteiger partial charge in [0, 0.05) is 22.5 Å². The van der Waals surface area contributed by atoms with Crippen molar-refractivity contribution in [3.8, 4) is 0 Å². The summed E-state index contributed by atoms with van der Waals surface area (Å²) in [6.07, 6.45) is 5.28. The quantitative estimate of drug-likeness (QED) is 0.455. The number of pyridine rings is 1. The molecule has 140 valence electrons. The van der Waals surface area contributed by atoms with Gasteiger partial charge < -0.3 is 0 Å². The summed E-state index contributed by atoms with van der Waals surface area (Å²) in [5.41, 5.74) is 1.97. The van der Waals surface area contributed by atoms with Crippen molar-refractivity contribution in [1.29, 1.82) is 0 Å². The van der Waals surface area contributed by atoms with E-state index in [9.17, 15) is 9.18 Å². The molecule has 0 aliphatic rings. The lowest BCUT2D eigenvalue weighted by Crippen LogP contribution is -2.15. The molecule has 0 saturated carbocycles. The topological polar surface area (TPSA) is 75.9 Å². The van der Waals surface area contributed by atoms with Crippen LogP contribution < -0.4 is 5.56 Å². The van der Waals surface area contributed by atoms with Gasteiger partial charge in [0.15, 0.2) is 0 Å². The first-order chi connectivity index (χ1) is 13.6. The predicted molar refractivity (Wildman–Crippen MR) is 110 cm³/mol. The van der Waals surface area contributed by atoms with E-state index in [1.54, 1.807) is 30.5 Å². The summed E-state index contributed by atoms with van der Waals surface area (Å²) < 4.78 is 15.2. The lowest BCUT2D eigenvalue weighted by Gasteiger charge is -2.03. The Morgan fingerprint density at radius 2 is 1.96 bits per heavy atom. The van der Waals surface area contributed by atoms with Gasteiger partial charge in [-0.25, -0.2) is 14.4 Å². The van der Waals surface area contributed by atoms with Crippen molar-refractivity contribution in [3.63, 3.8) is 0 Å². The lowest BCUT2D eigenvalue weighted by atomic mass is 10.2. The van der Waals surface area contributed by atoms with E-state index in [1.165, 1.54) is 34.4 Å². The van der Waals surface area contributed by atoms with Gasteiger partial charge in [0.25, 0.3) is 5.56 Å². The van der Waals surface area contributed by atoms with Gasteiger partial charge in [-0.15, -0.1) is 5.10 Å². The number of H-pyrrole nitrogens is 1. The van der Waals surface area contributed by atoms with Crippen molar-refractivity contribution in [1.82, 2.24) is 24.6 Å². The van der Waals surface area contributed by atoms with Crippen molar-refractivity contribution >= 4 is 45.5 Å². The van der Waals surface area contributed by atoms with Crippen molar-refractivity contribution in [2.45, 2.75) is 10.9 Å². The fourth-order valence-corrected chi connectivity index (χ4v) is 3.52. The Kier molecular flexibility index (Phi) is 5.36. The monoisotopic (exact) mass is 457 g/mol. The van der Waals surface area contributed by atoms with Crippen molar-refractivity contribution in [2.75, 3.05) is 0 Å². The molecule has 4 aromatic rings. The maximum absolute atomic E-state index is 12.9. The highest BCUT2D eigenvalue weighted by atomic mass is 79.9. The van der Waals surface area contributed by atoms with Gasteiger partial charge in [-0.05, 0) is 51.8 Å². The third-order valence-electron chi connectivity index (χ3n) is 3.81. The minimum absolute atomic E-state index is 0.139. The highest BCUT2D eigenvalue weighted by molar-refractivity contribution is 9.10. The maximum atomic E-state index is 12.9. The van der Waals surface area contributed by atoms with Gasteiger partial charge in [0.1, 0.15) is 17.3 Å². The van der Waals surface area contributed by atoms with Crippen LogP contribution in [-0.2, 0) is 5.75 Å². The number of nitrogens with zero attached hydrogens (tertiary/aromatic N) is 4. The van der Waals surface area contributed by atoms with E-state index in [-0.39, 0.29) is 11.4 Å². The van der Waals surface area contributed by atoms with E-state index >= 15 is 0 Å². The number of hydrogen-bond acceptors (Lipinski definition) is 5. The van der Waals surface area contributed by atoms with Crippen LogP contribution in [-0.4, -0.2) is 24.6 Å². The molecule has 1 aromatic carbocycles. The second-order valence-electron chi connectivity index (χ2n) is 5.84. The SMILES string of the molecule is O=c1cc(CSc2n[nH]c(/C=C/c3ccc(F)cc3)n2)nc2ccc(Br)cn12. The van der Waals surface area contributed by atoms with Gasteiger partial charge in [0.2, 0.25) is 5.16 Å². The minimum Gasteiger partial charge on any atom is -0.269 e. The largest absolute Gasteiger partial charge is 0.269 e. The number of thioether (sulfide) groups is 1. The number of benzene rings is 1. The number of hydrogen-bond donors (Lipinski definition) is 1. The van der Waals surface area contributed by atoms with Gasteiger partial charge in [-0.1, -0.05) is 30.0 Å². The highest BCUT2D eigenvalue weighted by Gasteiger charge is 2.07. The van der Waals surface area contributed by atoms with Crippen LogP contribution in [0.25, 0.3) is 17.8 Å². The summed E-state index contributed by atoms with van der Waals surface area (Å²) in [6, 6.07) is 11.3. The van der Waals surface area contributed by atoms with E-state index in [2.05, 4.69) is 36.1 Å². The molecule has 1 N–H and O–H groups in total. The molecule has 0 fully saturated rings. The number of halogens is 2. The molecule has 0 atom stereocenters. The molecule has 0 aliphatic heterocycles.